The average molecular weight is 294 g/mol. The number of likely N-dealkylation sites (N-methyl/N-ethyl adjacent to an activating group) is 2. The molecule has 5 heteroatoms. The molecule has 5 nitrogen and oxygen atoms in total. The summed E-state index contributed by atoms with van der Waals surface area (Å²) < 4.78 is 16.5. The van der Waals surface area contributed by atoms with Gasteiger partial charge in [0.15, 0.2) is 11.5 Å². The van der Waals surface area contributed by atoms with Crippen molar-refractivity contribution >= 4 is 0 Å². The highest BCUT2D eigenvalue weighted by Gasteiger charge is 2.19. The van der Waals surface area contributed by atoms with Gasteiger partial charge in [-0.15, -0.1) is 0 Å². The fourth-order valence-corrected chi connectivity index (χ4v) is 2.48. The van der Waals surface area contributed by atoms with E-state index in [2.05, 4.69) is 36.3 Å². The summed E-state index contributed by atoms with van der Waals surface area (Å²) >= 11 is 0. The standard InChI is InChI=1S/C16H26N2O3/c1-12(11-19-4)18(3)10-14(17-2)13-5-6-15-16(9-13)21-8-7-20-15/h5-6,9,12,14,17H,7-8,10-11H2,1-4H3. The Labute approximate surface area is 127 Å². The van der Waals surface area contributed by atoms with Crippen LogP contribution in [0.15, 0.2) is 18.2 Å². The highest BCUT2D eigenvalue weighted by atomic mass is 16.6. The van der Waals surface area contributed by atoms with Crippen molar-refractivity contribution in [1.29, 1.82) is 0 Å². The van der Waals surface area contributed by atoms with E-state index in [1.807, 2.05) is 13.1 Å². The Kier molecular flexibility index (Phi) is 5.85. The Morgan fingerprint density at radius 1 is 1.29 bits per heavy atom. The molecule has 0 aromatic heterocycles. The molecule has 2 rings (SSSR count). The van der Waals surface area contributed by atoms with E-state index >= 15 is 0 Å². The maximum absolute atomic E-state index is 5.66. The first-order valence-corrected chi connectivity index (χ1v) is 7.41. The third-order valence-electron chi connectivity index (χ3n) is 3.95. The van der Waals surface area contributed by atoms with E-state index in [0.717, 1.165) is 24.7 Å². The molecular weight excluding hydrogens is 268 g/mol. The fourth-order valence-electron chi connectivity index (χ4n) is 2.48. The van der Waals surface area contributed by atoms with Gasteiger partial charge in [0.1, 0.15) is 13.2 Å². The highest BCUT2D eigenvalue weighted by Crippen LogP contribution is 2.32. The Morgan fingerprint density at radius 3 is 2.67 bits per heavy atom. The first kappa shape index (κ1) is 16.1. The Bertz CT molecular complexity index is 453. The van der Waals surface area contributed by atoms with Gasteiger partial charge in [0.05, 0.1) is 6.61 Å². The Balaban J connectivity index is 2.06. The van der Waals surface area contributed by atoms with Crippen molar-refractivity contribution in [1.82, 2.24) is 10.2 Å². The van der Waals surface area contributed by atoms with Crippen molar-refractivity contribution in [3.05, 3.63) is 23.8 Å². The molecule has 1 aliphatic heterocycles. The van der Waals surface area contributed by atoms with Crippen LogP contribution >= 0.6 is 0 Å². The van der Waals surface area contributed by atoms with Crippen molar-refractivity contribution in [2.75, 3.05) is 47.6 Å². The number of ether oxygens (including phenoxy) is 3. The second-order valence-corrected chi connectivity index (χ2v) is 5.49. The lowest BCUT2D eigenvalue weighted by molar-refractivity contribution is 0.110. The molecule has 118 valence electrons. The minimum Gasteiger partial charge on any atom is -0.486 e. The van der Waals surface area contributed by atoms with Gasteiger partial charge in [-0.05, 0) is 38.7 Å². The van der Waals surface area contributed by atoms with Crippen LogP contribution in [0.4, 0.5) is 0 Å². The van der Waals surface area contributed by atoms with Crippen molar-refractivity contribution in [3.63, 3.8) is 0 Å². The van der Waals surface area contributed by atoms with Crippen LogP contribution < -0.4 is 14.8 Å². The third-order valence-corrected chi connectivity index (χ3v) is 3.95. The number of rotatable bonds is 7. The molecule has 0 radical (unpaired) electrons. The molecule has 0 fully saturated rings. The Hall–Kier alpha value is -1.30. The SMILES string of the molecule is CNC(CN(C)C(C)COC)c1ccc2c(c1)OCCO2. The van der Waals surface area contributed by atoms with Crippen LogP contribution in [0.1, 0.15) is 18.5 Å². The molecule has 21 heavy (non-hydrogen) atoms. The molecule has 0 saturated carbocycles. The molecule has 0 bridgehead atoms. The monoisotopic (exact) mass is 294 g/mol. The highest BCUT2D eigenvalue weighted by molar-refractivity contribution is 5.44. The smallest absolute Gasteiger partial charge is 0.161 e. The lowest BCUT2D eigenvalue weighted by Gasteiger charge is -2.29. The Morgan fingerprint density at radius 2 is 2.00 bits per heavy atom. The summed E-state index contributed by atoms with van der Waals surface area (Å²) in [7, 11) is 5.84. The van der Waals surface area contributed by atoms with E-state index in [1.54, 1.807) is 7.11 Å². The van der Waals surface area contributed by atoms with Crippen molar-refractivity contribution < 1.29 is 14.2 Å². The van der Waals surface area contributed by atoms with Gasteiger partial charge in [-0.1, -0.05) is 6.07 Å². The summed E-state index contributed by atoms with van der Waals surface area (Å²) in [6, 6.07) is 6.79. The van der Waals surface area contributed by atoms with E-state index in [9.17, 15) is 0 Å². The summed E-state index contributed by atoms with van der Waals surface area (Å²) in [6.07, 6.45) is 0. The molecule has 1 N–H and O–H groups in total. The van der Waals surface area contributed by atoms with Crippen LogP contribution in [0.5, 0.6) is 11.5 Å². The first-order chi connectivity index (χ1) is 10.2. The summed E-state index contributed by atoms with van der Waals surface area (Å²) in [6.45, 7) is 5.04. The first-order valence-electron chi connectivity index (χ1n) is 7.41. The number of hydrogen-bond donors (Lipinski definition) is 1. The fraction of sp³-hybridized carbons (Fsp3) is 0.625. The second kappa shape index (κ2) is 7.64. The van der Waals surface area contributed by atoms with Gasteiger partial charge in [0.25, 0.3) is 0 Å². The molecule has 2 unspecified atom stereocenters. The maximum atomic E-state index is 5.66. The molecular formula is C16H26N2O3. The van der Waals surface area contributed by atoms with E-state index in [-0.39, 0.29) is 6.04 Å². The molecule has 0 spiro atoms. The minimum atomic E-state index is 0.241. The van der Waals surface area contributed by atoms with Gasteiger partial charge in [-0.2, -0.15) is 0 Å². The molecule has 1 aromatic rings. The van der Waals surface area contributed by atoms with Crippen LogP contribution in [0.3, 0.4) is 0 Å². The zero-order chi connectivity index (χ0) is 15.2. The van der Waals surface area contributed by atoms with E-state index < -0.39 is 0 Å². The van der Waals surface area contributed by atoms with Crippen molar-refractivity contribution in [2.45, 2.75) is 19.0 Å². The zero-order valence-corrected chi connectivity index (χ0v) is 13.4. The van der Waals surface area contributed by atoms with Crippen molar-refractivity contribution in [3.8, 4) is 11.5 Å². The molecule has 1 aromatic carbocycles. The lowest BCUT2D eigenvalue weighted by Crippen LogP contribution is -2.38. The zero-order valence-electron chi connectivity index (χ0n) is 13.4. The molecule has 0 aliphatic carbocycles. The predicted molar refractivity (Wildman–Crippen MR) is 83.2 cm³/mol. The number of methoxy groups -OCH3 is 1. The van der Waals surface area contributed by atoms with Crippen LogP contribution in [-0.4, -0.2) is 58.5 Å². The van der Waals surface area contributed by atoms with Crippen LogP contribution in [0.25, 0.3) is 0 Å². The molecule has 2 atom stereocenters. The summed E-state index contributed by atoms with van der Waals surface area (Å²) in [5.41, 5.74) is 1.21. The largest absolute Gasteiger partial charge is 0.486 e. The van der Waals surface area contributed by atoms with Crippen LogP contribution in [0.2, 0.25) is 0 Å². The summed E-state index contributed by atoms with van der Waals surface area (Å²) in [4.78, 5) is 2.29. The van der Waals surface area contributed by atoms with E-state index in [4.69, 9.17) is 14.2 Å². The van der Waals surface area contributed by atoms with Gasteiger partial charge in [0, 0.05) is 25.7 Å². The third kappa shape index (κ3) is 4.09. The summed E-state index contributed by atoms with van der Waals surface area (Å²) in [5, 5.41) is 3.37. The van der Waals surface area contributed by atoms with E-state index in [0.29, 0.717) is 19.3 Å². The van der Waals surface area contributed by atoms with Gasteiger partial charge in [-0.3, -0.25) is 4.90 Å². The number of nitrogens with zero attached hydrogens (tertiary/aromatic N) is 1. The molecule has 1 aliphatic rings. The topological polar surface area (TPSA) is 43.0 Å². The normalized spacial score (nSPS) is 16.8. The van der Waals surface area contributed by atoms with Gasteiger partial charge < -0.3 is 19.5 Å². The number of hydrogen-bond acceptors (Lipinski definition) is 5. The molecule has 0 saturated heterocycles. The van der Waals surface area contributed by atoms with Crippen LogP contribution in [-0.2, 0) is 4.74 Å². The number of fused-ring (bicyclic) bond motifs is 1. The number of nitrogens with one attached hydrogen (secondary N) is 1. The second-order valence-electron chi connectivity index (χ2n) is 5.49. The average Bonchev–Trinajstić information content (AvgIpc) is 2.52. The lowest BCUT2D eigenvalue weighted by atomic mass is 10.0. The molecule has 0 amide bonds. The van der Waals surface area contributed by atoms with Gasteiger partial charge in [-0.25, -0.2) is 0 Å². The number of benzene rings is 1. The molecule has 1 heterocycles. The predicted octanol–water partition coefficient (Wildman–Crippen LogP) is 1.68. The summed E-state index contributed by atoms with van der Waals surface area (Å²) in [5.74, 6) is 1.67. The maximum Gasteiger partial charge on any atom is 0.161 e. The van der Waals surface area contributed by atoms with Gasteiger partial charge >= 0.3 is 0 Å². The van der Waals surface area contributed by atoms with Crippen molar-refractivity contribution in [2.24, 2.45) is 0 Å². The quantitative estimate of drug-likeness (QED) is 0.829. The van der Waals surface area contributed by atoms with Gasteiger partial charge in [0.2, 0.25) is 0 Å². The van der Waals surface area contributed by atoms with Crippen LogP contribution in [0, 0.1) is 0 Å². The minimum absolute atomic E-state index is 0.241. The van der Waals surface area contributed by atoms with E-state index in [1.165, 1.54) is 5.56 Å².